The minimum absolute atomic E-state index is 0. The molecule has 1 nitrogen and oxygen atoms in total. The SMILES string of the molecule is CCCCCCCCCCCCC[N+](CC)(CC)CC.[Br-]. The van der Waals surface area contributed by atoms with Crippen LogP contribution in [0.25, 0.3) is 0 Å². The van der Waals surface area contributed by atoms with Crippen LogP contribution in [0.1, 0.15) is 98.3 Å². The predicted molar refractivity (Wildman–Crippen MR) is 93.2 cm³/mol. The van der Waals surface area contributed by atoms with E-state index in [1.807, 2.05) is 0 Å². The molecule has 0 aromatic heterocycles. The van der Waals surface area contributed by atoms with Gasteiger partial charge < -0.3 is 21.5 Å². The Hall–Kier alpha value is 0.440. The predicted octanol–water partition coefficient (Wildman–Crippen LogP) is 3.18. The van der Waals surface area contributed by atoms with Crippen molar-refractivity contribution in [1.29, 1.82) is 0 Å². The van der Waals surface area contributed by atoms with Crippen LogP contribution in [-0.4, -0.2) is 30.7 Å². The molecule has 0 saturated carbocycles. The van der Waals surface area contributed by atoms with E-state index in [2.05, 4.69) is 27.7 Å². The van der Waals surface area contributed by atoms with Crippen LogP contribution in [0.2, 0.25) is 0 Å². The smallest absolute Gasteiger partial charge is 0.0786 e. The number of hydrogen-bond donors (Lipinski definition) is 0. The minimum Gasteiger partial charge on any atom is -1.00 e. The molecule has 0 aliphatic heterocycles. The van der Waals surface area contributed by atoms with Crippen LogP contribution in [0.3, 0.4) is 0 Å². The molecule has 0 bridgehead atoms. The van der Waals surface area contributed by atoms with Gasteiger partial charge in [-0.25, -0.2) is 0 Å². The third-order valence-electron chi connectivity index (χ3n) is 5.25. The Morgan fingerprint density at radius 1 is 0.476 bits per heavy atom. The molecule has 0 aromatic carbocycles. The van der Waals surface area contributed by atoms with Gasteiger partial charge in [-0.15, -0.1) is 0 Å². The van der Waals surface area contributed by atoms with Crippen molar-refractivity contribution in [1.82, 2.24) is 0 Å². The maximum absolute atomic E-state index is 2.35. The van der Waals surface area contributed by atoms with Crippen molar-refractivity contribution in [3.05, 3.63) is 0 Å². The summed E-state index contributed by atoms with van der Waals surface area (Å²) in [4.78, 5) is 0. The monoisotopic (exact) mass is 363 g/mol. The van der Waals surface area contributed by atoms with Gasteiger partial charge in [0, 0.05) is 0 Å². The number of nitrogens with zero attached hydrogens (tertiary/aromatic N) is 1. The topological polar surface area (TPSA) is 0 Å². The number of hydrogen-bond acceptors (Lipinski definition) is 0. The highest BCUT2D eigenvalue weighted by molar-refractivity contribution is 4.48. The van der Waals surface area contributed by atoms with E-state index in [0.717, 1.165) is 0 Å². The summed E-state index contributed by atoms with van der Waals surface area (Å²) in [7, 11) is 0. The summed E-state index contributed by atoms with van der Waals surface area (Å²) < 4.78 is 1.33. The van der Waals surface area contributed by atoms with Crippen molar-refractivity contribution in [3.8, 4) is 0 Å². The van der Waals surface area contributed by atoms with Crippen molar-refractivity contribution in [3.63, 3.8) is 0 Å². The molecule has 0 rings (SSSR count). The first-order valence-electron chi connectivity index (χ1n) is 9.59. The molecule has 2 heteroatoms. The molecule has 0 N–H and O–H groups in total. The van der Waals surface area contributed by atoms with E-state index >= 15 is 0 Å². The van der Waals surface area contributed by atoms with E-state index in [-0.39, 0.29) is 17.0 Å². The van der Waals surface area contributed by atoms with E-state index in [0.29, 0.717) is 0 Å². The van der Waals surface area contributed by atoms with E-state index in [1.165, 1.54) is 101 Å². The van der Waals surface area contributed by atoms with Gasteiger partial charge in [-0.05, 0) is 33.6 Å². The first-order valence-corrected chi connectivity index (χ1v) is 9.59. The second kappa shape index (κ2) is 16.8. The summed E-state index contributed by atoms with van der Waals surface area (Å²) in [6, 6.07) is 0. The van der Waals surface area contributed by atoms with Crippen molar-refractivity contribution < 1.29 is 21.5 Å². The third kappa shape index (κ3) is 12.6. The fourth-order valence-electron chi connectivity index (χ4n) is 3.26. The fourth-order valence-corrected chi connectivity index (χ4v) is 3.26. The molecule has 0 radical (unpaired) electrons. The summed E-state index contributed by atoms with van der Waals surface area (Å²) in [5.74, 6) is 0. The molecule has 0 aromatic rings. The maximum Gasteiger partial charge on any atom is 0.0786 e. The zero-order chi connectivity index (χ0) is 15.1. The Morgan fingerprint density at radius 3 is 1.14 bits per heavy atom. The Balaban J connectivity index is 0. The molecule has 0 spiro atoms. The van der Waals surface area contributed by atoms with Gasteiger partial charge >= 0.3 is 0 Å². The van der Waals surface area contributed by atoms with Crippen LogP contribution in [-0.2, 0) is 0 Å². The second-order valence-electron chi connectivity index (χ2n) is 6.55. The van der Waals surface area contributed by atoms with Gasteiger partial charge in [0.05, 0.1) is 26.2 Å². The third-order valence-corrected chi connectivity index (χ3v) is 5.25. The van der Waals surface area contributed by atoms with Crippen LogP contribution in [0, 0.1) is 0 Å². The number of unbranched alkanes of at least 4 members (excludes halogenated alkanes) is 10. The Bertz CT molecular complexity index is 182. The number of halogens is 1. The highest BCUT2D eigenvalue weighted by atomic mass is 79.9. The molecule has 0 saturated heterocycles. The van der Waals surface area contributed by atoms with Crippen LogP contribution in [0.5, 0.6) is 0 Å². The van der Waals surface area contributed by atoms with Crippen LogP contribution in [0.4, 0.5) is 0 Å². The average Bonchev–Trinajstić information content (AvgIpc) is 2.49. The lowest BCUT2D eigenvalue weighted by molar-refractivity contribution is -0.923. The van der Waals surface area contributed by atoms with Gasteiger partial charge in [0.2, 0.25) is 0 Å². The van der Waals surface area contributed by atoms with E-state index in [4.69, 9.17) is 0 Å². The molecular formula is C19H42BrN. The van der Waals surface area contributed by atoms with Gasteiger partial charge in [-0.3, -0.25) is 0 Å². The molecule has 0 amide bonds. The molecule has 130 valence electrons. The molecule has 0 fully saturated rings. The van der Waals surface area contributed by atoms with Crippen molar-refractivity contribution in [2.45, 2.75) is 98.3 Å². The van der Waals surface area contributed by atoms with Gasteiger partial charge in [0.25, 0.3) is 0 Å². The average molecular weight is 364 g/mol. The van der Waals surface area contributed by atoms with E-state index in [1.54, 1.807) is 0 Å². The van der Waals surface area contributed by atoms with Gasteiger partial charge in [-0.1, -0.05) is 64.7 Å². The molecule has 0 unspecified atom stereocenters. The first-order chi connectivity index (χ1) is 9.74. The van der Waals surface area contributed by atoms with Crippen LogP contribution >= 0.6 is 0 Å². The zero-order valence-electron chi connectivity index (χ0n) is 15.4. The van der Waals surface area contributed by atoms with E-state index < -0.39 is 0 Å². The molecule has 0 atom stereocenters. The quantitative estimate of drug-likeness (QED) is 0.309. The molecule has 21 heavy (non-hydrogen) atoms. The van der Waals surface area contributed by atoms with Crippen LogP contribution in [0.15, 0.2) is 0 Å². The lowest BCUT2D eigenvalue weighted by atomic mass is 10.1. The summed E-state index contributed by atoms with van der Waals surface area (Å²) >= 11 is 0. The normalized spacial score (nSPS) is 11.4. The van der Waals surface area contributed by atoms with Crippen molar-refractivity contribution in [2.24, 2.45) is 0 Å². The van der Waals surface area contributed by atoms with Crippen molar-refractivity contribution >= 4 is 0 Å². The lowest BCUT2D eigenvalue weighted by Gasteiger charge is -2.35. The molecule has 0 heterocycles. The van der Waals surface area contributed by atoms with Gasteiger partial charge in [0.1, 0.15) is 0 Å². The standard InChI is InChI=1S/C19H42N.BrH/c1-5-9-10-11-12-13-14-15-16-17-18-19-20(6-2,7-3)8-4;/h5-19H2,1-4H3;1H/q+1;/p-1. The largest absolute Gasteiger partial charge is 1.00 e. The summed E-state index contributed by atoms with van der Waals surface area (Å²) in [6.45, 7) is 14.7. The maximum atomic E-state index is 2.35. The second-order valence-corrected chi connectivity index (χ2v) is 6.55. The zero-order valence-corrected chi connectivity index (χ0v) is 17.0. The van der Waals surface area contributed by atoms with E-state index in [9.17, 15) is 0 Å². The molecule has 0 aliphatic carbocycles. The Morgan fingerprint density at radius 2 is 0.810 bits per heavy atom. The van der Waals surface area contributed by atoms with Gasteiger partial charge in [-0.2, -0.15) is 0 Å². The van der Waals surface area contributed by atoms with Gasteiger partial charge in [0.15, 0.2) is 0 Å². The summed E-state index contributed by atoms with van der Waals surface area (Å²) in [5, 5.41) is 0. The summed E-state index contributed by atoms with van der Waals surface area (Å²) in [5.41, 5.74) is 0. The first kappa shape index (κ1) is 23.7. The molecule has 0 aliphatic rings. The van der Waals surface area contributed by atoms with Crippen LogP contribution < -0.4 is 17.0 Å². The highest BCUT2D eigenvalue weighted by Gasteiger charge is 2.19. The minimum atomic E-state index is 0. The number of rotatable bonds is 15. The highest BCUT2D eigenvalue weighted by Crippen LogP contribution is 2.13. The Kier molecular flexibility index (Phi) is 19.0. The lowest BCUT2D eigenvalue weighted by Crippen LogP contribution is -3.00. The van der Waals surface area contributed by atoms with Crippen molar-refractivity contribution in [2.75, 3.05) is 26.2 Å². The Labute approximate surface area is 146 Å². The number of quaternary nitrogens is 1. The fraction of sp³-hybridized carbons (Fsp3) is 1.00. The summed E-state index contributed by atoms with van der Waals surface area (Å²) in [6.07, 6.45) is 16.0. The molecular weight excluding hydrogens is 322 g/mol.